The zero-order valence-corrected chi connectivity index (χ0v) is 10.8. The highest BCUT2D eigenvalue weighted by molar-refractivity contribution is 6.27. The molecule has 0 bridgehead atoms. The summed E-state index contributed by atoms with van der Waals surface area (Å²) in [7, 11) is 2.82. The average molecular weight is 206 g/mol. The normalized spacial score (nSPS) is 15.5. The lowest BCUT2D eigenvalue weighted by Gasteiger charge is -2.20. The van der Waals surface area contributed by atoms with Gasteiger partial charge in [0.05, 0.1) is 6.61 Å². The Kier molecular flexibility index (Phi) is 6.58. The number of ether oxygens (including phenoxy) is 2. The first-order chi connectivity index (χ1) is 5.99. The maximum Gasteiger partial charge on any atom is 0.170 e. The van der Waals surface area contributed by atoms with Gasteiger partial charge in [-0.2, -0.15) is 0 Å². The molecule has 0 aliphatic heterocycles. The number of methoxy groups -OCH3 is 2. The van der Waals surface area contributed by atoms with Crippen molar-refractivity contribution in [2.24, 2.45) is 5.41 Å². The largest absolute Gasteiger partial charge is 0.398 e. The molecule has 0 N–H and O–H groups in total. The van der Waals surface area contributed by atoms with Crippen molar-refractivity contribution in [1.82, 2.24) is 0 Å². The molecule has 3 nitrogen and oxygen atoms in total. The van der Waals surface area contributed by atoms with Gasteiger partial charge in [-0.05, 0) is 11.5 Å². The molecule has 0 aromatic carbocycles. The predicted molar refractivity (Wildman–Crippen MR) is 56.6 cm³/mol. The van der Waals surface area contributed by atoms with E-state index in [1.54, 1.807) is 14.2 Å². The molecule has 0 fully saturated rings. The summed E-state index contributed by atoms with van der Waals surface area (Å²) in [5, 5.41) is 0. The Balaban J connectivity index is 3.49. The molecule has 1 atom stereocenters. The molecule has 0 aliphatic rings. The topological polar surface area (TPSA) is 27.7 Å². The number of hydrogen-bond donors (Lipinski definition) is 0. The van der Waals surface area contributed by atoms with Crippen LogP contribution in [0.2, 0.25) is 6.04 Å². The van der Waals surface area contributed by atoms with Gasteiger partial charge in [-0.25, -0.2) is 0 Å². The molecule has 0 spiro atoms. The third-order valence-electron chi connectivity index (χ3n) is 1.72. The Morgan fingerprint density at radius 1 is 1.23 bits per heavy atom. The maximum atomic E-state index is 5.60. The highest BCUT2D eigenvalue weighted by Crippen LogP contribution is 2.18. The number of hydrogen-bond acceptors (Lipinski definition) is 3. The van der Waals surface area contributed by atoms with Crippen LogP contribution in [0.15, 0.2) is 0 Å². The van der Waals surface area contributed by atoms with E-state index in [0.717, 1.165) is 6.04 Å². The summed E-state index contributed by atoms with van der Waals surface area (Å²) in [6.45, 7) is 7.19. The summed E-state index contributed by atoms with van der Waals surface area (Å²) in [5.74, 6) is 0. The van der Waals surface area contributed by atoms with Gasteiger partial charge in [-0.3, -0.25) is 0 Å². The molecule has 13 heavy (non-hydrogen) atoms. The van der Waals surface area contributed by atoms with Gasteiger partial charge in [0.1, 0.15) is 0 Å². The van der Waals surface area contributed by atoms with Crippen LogP contribution in [0, 0.1) is 5.41 Å². The van der Waals surface area contributed by atoms with Crippen LogP contribution in [0.5, 0.6) is 0 Å². The number of rotatable bonds is 6. The van der Waals surface area contributed by atoms with Gasteiger partial charge < -0.3 is 13.9 Å². The van der Waals surface area contributed by atoms with E-state index in [1.807, 2.05) is 0 Å². The molecule has 0 saturated carbocycles. The van der Waals surface area contributed by atoms with Gasteiger partial charge >= 0.3 is 0 Å². The van der Waals surface area contributed by atoms with Crippen LogP contribution < -0.4 is 0 Å². The first-order valence-corrected chi connectivity index (χ1v) is 6.20. The van der Waals surface area contributed by atoms with Crippen molar-refractivity contribution in [2.45, 2.75) is 33.1 Å². The summed E-state index contributed by atoms with van der Waals surface area (Å²) in [5.41, 5.74) is 0.373. The van der Waals surface area contributed by atoms with Crippen molar-refractivity contribution >= 4 is 9.76 Å². The fourth-order valence-electron chi connectivity index (χ4n) is 0.817. The van der Waals surface area contributed by atoms with E-state index >= 15 is 0 Å². The average Bonchev–Trinajstić information content (AvgIpc) is 2.01. The summed E-state index contributed by atoms with van der Waals surface area (Å²) in [6.07, 6.45) is -0.168. The van der Waals surface area contributed by atoms with Crippen LogP contribution in [0.4, 0.5) is 0 Å². The maximum absolute atomic E-state index is 5.60. The van der Waals surface area contributed by atoms with Crippen LogP contribution in [-0.2, 0) is 13.9 Å². The predicted octanol–water partition coefficient (Wildman–Crippen LogP) is 1.17. The second-order valence-corrected chi connectivity index (χ2v) is 5.54. The minimum atomic E-state index is -0.477. The molecule has 80 valence electrons. The van der Waals surface area contributed by atoms with Crippen LogP contribution in [0.25, 0.3) is 0 Å². The summed E-state index contributed by atoms with van der Waals surface area (Å²) in [6, 6.07) is 1.16. The van der Waals surface area contributed by atoms with Crippen molar-refractivity contribution in [3.8, 4) is 0 Å². The fourth-order valence-corrected chi connectivity index (χ4v) is 2.04. The first kappa shape index (κ1) is 13.1. The summed E-state index contributed by atoms with van der Waals surface area (Å²) < 4.78 is 15.6. The Bertz CT molecular complexity index is 123. The molecule has 4 heteroatoms. The van der Waals surface area contributed by atoms with Gasteiger partial charge in [0.25, 0.3) is 0 Å². The van der Waals surface area contributed by atoms with Crippen molar-refractivity contribution < 1.29 is 13.9 Å². The molecule has 0 amide bonds. The molecule has 0 aromatic rings. The fraction of sp³-hybridized carbons (Fsp3) is 1.00. The highest BCUT2D eigenvalue weighted by Gasteiger charge is 2.12. The third kappa shape index (κ3) is 8.43. The first-order valence-electron chi connectivity index (χ1n) is 4.63. The van der Waals surface area contributed by atoms with Crippen LogP contribution >= 0.6 is 0 Å². The second-order valence-electron chi connectivity index (χ2n) is 4.30. The van der Waals surface area contributed by atoms with Gasteiger partial charge in [0.2, 0.25) is 0 Å². The zero-order valence-electron chi connectivity index (χ0n) is 9.42. The molecule has 0 radical (unpaired) electrons. The van der Waals surface area contributed by atoms with Crippen molar-refractivity contribution in [1.29, 1.82) is 0 Å². The van der Waals surface area contributed by atoms with E-state index in [2.05, 4.69) is 20.8 Å². The van der Waals surface area contributed by atoms with Gasteiger partial charge in [0, 0.05) is 14.2 Å². The molecular weight excluding hydrogens is 184 g/mol. The molecule has 0 aromatic heterocycles. The van der Waals surface area contributed by atoms with Crippen LogP contribution in [0.3, 0.4) is 0 Å². The van der Waals surface area contributed by atoms with Crippen molar-refractivity contribution in [3.63, 3.8) is 0 Å². The molecular formula is C9H22O3Si. The Morgan fingerprint density at radius 3 is 2.23 bits per heavy atom. The molecule has 0 saturated heterocycles. The van der Waals surface area contributed by atoms with E-state index in [4.69, 9.17) is 13.9 Å². The standard InChI is InChI=1S/C9H22O3Si/c1-9(2,3)7-13-12-8(11-5)6-10-4/h8H,6-7,13H2,1-5H3. The van der Waals surface area contributed by atoms with E-state index < -0.39 is 9.76 Å². The van der Waals surface area contributed by atoms with Crippen LogP contribution in [0.1, 0.15) is 20.8 Å². The Morgan fingerprint density at radius 2 is 1.85 bits per heavy atom. The molecule has 0 rings (SSSR count). The van der Waals surface area contributed by atoms with E-state index in [1.165, 1.54) is 0 Å². The molecule has 1 unspecified atom stereocenters. The SMILES string of the molecule is COCC(OC)O[SiH2]CC(C)(C)C. The molecule has 0 aliphatic carbocycles. The lowest BCUT2D eigenvalue weighted by Crippen LogP contribution is -2.24. The van der Waals surface area contributed by atoms with Gasteiger partial charge in [-0.15, -0.1) is 0 Å². The molecule has 0 heterocycles. The Labute approximate surface area is 83.7 Å². The van der Waals surface area contributed by atoms with E-state index in [-0.39, 0.29) is 6.29 Å². The zero-order chi connectivity index (χ0) is 10.3. The second kappa shape index (κ2) is 6.54. The van der Waals surface area contributed by atoms with Crippen molar-refractivity contribution in [2.75, 3.05) is 20.8 Å². The Hall–Kier alpha value is 0.0969. The quantitative estimate of drug-likeness (QED) is 0.482. The van der Waals surface area contributed by atoms with Crippen molar-refractivity contribution in [3.05, 3.63) is 0 Å². The highest BCUT2D eigenvalue weighted by atomic mass is 28.2. The monoisotopic (exact) mass is 206 g/mol. The minimum absolute atomic E-state index is 0.168. The summed E-state index contributed by atoms with van der Waals surface area (Å²) >= 11 is 0. The smallest absolute Gasteiger partial charge is 0.170 e. The third-order valence-corrected chi connectivity index (χ3v) is 4.03. The van der Waals surface area contributed by atoms with E-state index in [9.17, 15) is 0 Å². The van der Waals surface area contributed by atoms with E-state index in [0.29, 0.717) is 12.0 Å². The lowest BCUT2D eigenvalue weighted by molar-refractivity contribution is -0.0932. The summed E-state index contributed by atoms with van der Waals surface area (Å²) in [4.78, 5) is 0. The lowest BCUT2D eigenvalue weighted by atomic mass is 10.0. The minimum Gasteiger partial charge on any atom is -0.398 e. The van der Waals surface area contributed by atoms with Gasteiger partial charge in [-0.1, -0.05) is 20.8 Å². The van der Waals surface area contributed by atoms with Gasteiger partial charge in [0.15, 0.2) is 16.1 Å². The van der Waals surface area contributed by atoms with Crippen LogP contribution in [-0.4, -0.2) is 36.9 Å².